The number of carbonyl (C=O) groups excluding carboxylic acids is 1. The van der Waals surface area contributed by atoms with Gasteiger partial charge in [0.05, 0.1) is 0 Å². The van der Waals surface area contributed by atoms with E-state index in [-0.39, 0.29) is 11.2 Å². The van der Waals surface area contributed by atoms with Gasteiger partial charge < -0.3 is 10.6 Å². The molecule has 5 heteroatoms. The molecule has 0 aliphatic rings. The normalized spacial score (nSPS) is 14.8. The maximum atomic E-state index is 11.0. The Balaban J connectivity index is 3.21. The number of carbonyl (C=O) groups is 1. The van der Waals surface area contributed by atoms with Gasteiger partial charge in [-0.2, -0.15) is 0 Å². The van der Waals surface area contributed by atoms with E-state index in [2.05, 4.69) is 10.6 Å². The Bertz CT molecular complexity index is 197. The quantitative estimate of drug-likeness (QED) is 0.588. The summed E-state index contributed by atoms with van der Waals surface area (Å²) in [5.41, 5.74) is 0. The van der Waals surface area contributed by atoms with Crippen molar-refractivity contribution < 1.29 is 9.00 Å². The summed E-state index contributed by atoms with van der Waals surface area (Å²) in [6.45, 7) is 5.75. The molecule has 4 nitrogen and oxygen atoms in total. The van der Waals surface area contributed by atoms with Gasteiger partial charge in [-0.1, -0.05) is 6.92 Å². The fourth-order valence-electron chi connectivity index (χ4n) is 0.923. The first-order valence-electron chi connectivity index (χ1n) is 4.81. The average Bonchev–Trinajstić information content (AvgIpc) is 2.09. The minimum absolute atomic E-state index is 0.00479. The van der Waals surface area contributed by atoms with Crippen LogP contribution in [0, 0.1) is 0 Å². The lowest BCUT2D eigenvalue weighted by Gasteiger charge is -2.09. The molecule has 0 aromatic carbocycles. The van der Waals surface area contributed by atoms with Crippen LogP contribution >= 0.6 is 0 Å². The van der Waals surface area contributed by atoms with Crippen molar-refractivity contribution in [2.24, 2.45) is 0 Å². The molecule has 2 N–H and O–H groups in total. The second-order valence-corrected chi connectivity index (χ2v) is 5.13. The third kappa shape index (κ3) is 8.19. The molecule has 0 saturated heterocycles. The lowest BCUT2D eigenvalue weighted by atomic mass is 10.3. The van der Waals surface area contributed by atoms with Gasteiger partial charge in [0, 0.05) is 42.3 Å². The molecule has 0 fully saturated rings. The molecule has 0 saturated carbocycles. The first-order chi connectivity index (χ1) is 6.54. The van der Waals surface area contributed by atoms with Crippen LogP contribution in [-0.2, 0) is 15.6 Å². The molecule has 0 radical (unpaired) electrons. The topological polar surface area (TPSA) is 58.2 Å². The van der Waals surface area contributed by atoms with E-state index in [1.165, 1.54) is 6.92 Å². The van der Waals surface area contributed by atoms with Gasteiger partial charge in [0.2, 0.25) is 5.91 Å². The van der Waals surface area contributed by atoms with Gasteiger partial charge in [0.1, 0.15) is 0 Å². The zero-order valence-electron chi connectivity index (χ0n) is 9.13. The largest absolute Gasteiger partial charge is 0.355 e. The molecule has 2 atom stereocenters. The van der Waals surface area contributed by atoms with Crippen LogP contribution in [0.25, 0.3) is 0 Å². The first-order valence-corrected chi connectivity index (χ1v) is 6.43. The zero-order chi connectivity index (χ0) is 11.0. The van der Waals surface area contributed by atoms with Crippen molar-refractivity contribution in [3.63, 3.8) is 0 Å². The Morgan fingerprint density at radius 3 is 2.50 bits per heavy atom. The van der Waals surface area contributed by atoms with Gasteiger partial charge in [-0.25, -0.2) is 0 Å². The van der Waals surface area contributed by atoms with E-state index in [9.17, 15) is 9.00 Å². The van der Waals surface area contributed by atoms with Crippen LogP contribution in [0.4, 0.5) is 0 Å². The van der Waals surface area contributed by atoms with Crippen LogP contribution in [0.15, 0.2) is 0 Å². The van der Waals surface area contributed by atoms with E-state index in [0.717, 1.165) is 19.5 Å². The van der Waals surface area contributed by atoms with E-state index >= 15 is 0 Å². The van der Waals surface area contributed by atoms with Crippen LogP contribution in [0.2, 0.25) is 0 Å². The molecule has 14 heavy (non-hydrogen) atoms. The van der Waals surface area contributed by atoms with Crippen molar-refractivity contribution in [1.29, 1.82) is 0 Å². The Morgan fingerprint density at radius 2 is 2.00 bits per heavy atom. The van der Waals surface area contributed by atoms with Crippen LogP contribution < -0.4 is 10.6 Å². The van der Waals surface area contributed by atoms with Crippen LogP contribution in [0.5, 0.6) is 0 Å². The molecule has 0 aliphatic heterocycles. The second-order valence-electron chi connectivity index (χ2n) is 3.33. The molecule has 0 aromatic heterocycles. The summed E-state index contributed by atoms with van der Waals surface area (Å²) in [6.07, 6.45) is 2.63. The minimum Gasteiger partial charge on any atom is -0.355 e. The first kappa shape index (κ1) is 13.6. The Kier molecular flexibility index (Phi) is 7.70. The highest BCUT2D eigenvalue weighted by atomic mass is 32.2. The van der Waals surface area contributed by atoms with Crippen LogP contribution in [0.3, 0.4) is 0 Å². The van der Waals surface area contributed by atoms with Gasteiger partial charge in [-0.05, 0) is 13.0 Å². The number of nitrogens with one attached hydrogen (secondary N) is 2. The minimum atomic E-state index is -0.735. The summed E-state index contributed by atoms with van der Waals surface area (Å²) in [5, 5.41) is 6.11. The molecule has 0 aliphatic carbocycles. The predicted molar refractivity (Wildman–Crippen MR) is 59.7 cm³/mol. The maximum absolute atomic E-state index is 11.0. The highest BCUT2D eigenvalue weighted by molar-refractivity contribution is 7.84. The lowest BCUT2D eigenvalue weighted by Crippen LogP contribution is -2.31. The van der Waals surface area contributed by atoms with Gasteiger partial charge in [-0.15, -0.1) is 0 Å². The highest BCUT2D eigenvalue weighted by Crippen LogP contribution is 1.96. The van der Waals surface area contributed by atoms with Crippen molar-refractivity contribution in [3.05, 3.63) is 0 Å². The Morgan fingerprint density at radius 1 is 1.36 bits per heavy atom. The molecule has 1 amide bonds. The number of amides is 1. The summed E-state index contributed by atoms with van der Waals surface area (Å²) in [6, 6.07) is 0. The lowest BCUT2D eigenvalue weighted by molar-refractivity contribution is -0.118. The summed E-state index contributed by atoms with van der Waals surface area (Å²) in [4.78, 5) is 10.5. The number of hydrogen-bond acceptors (Lipinski definition) is 3. The molecule has 84 valence electrons. The molecule has 0 spiro atoms. The molecular formula is C9H20N2O2S. The summed E-state index contributed by atoms with van der Waals surface area (Å²) in [5.74, 6) is -0.00479. The van der Waals surface area contributed by atoms with Crippen molar-refractivity contribution in [1.82, 2.24) is 10.6 Å². The van der Waals surface area contributed by atoms with E-state index in [4.69, 9.17) is 0 Å². The smallest absolute Gasteiger partial charge is 0.216 e. The summed E-state index contributed by atoms with van der Waals surface area (Å²) in [7, 11) is -0.735. The van der Waals surface area contributed by atoms with Crippen LogP contribution in [0.1, 0.15) is 20.3 Å². The zero-order valence-corrected chi connectivity index (χ0v) is 9.95. The van der Waals surface area contributed by atoms with Crippen molar-refractivity contribution >= 4 is 16.7 Å². The molecule has 0 bridgehead atoms. The van der Waals surface area contributed by atoms with E-state index in [1.807, 2.05) is 6.92 Å². The predicted octanol–water partition coefficient (Wildman–Crippen LogP) is -0.131. The van der Waals surface area contributed by atoms with Gasteiger partial charge in [0.25, 0.3) is 0 Å². The van der Waals surface area contributed by atoms with E-state index in [1.54, 1.807) is 6.26 Å². The van der Waals surface area contributed by atoms with Crippen molar-refractivity contribution in [3.8, 4) is 0 Å². The maximum Gasteiger partial charge on any atom is 0.216 e. The Hall–Kier alpha value is -0.420. The monoisotopic (exact) mass is 220 g/mol. The fraction of sp³-hybridized carbons (Fsp3) is 0.889. The van der Waals surface area contributed by atoms with Crippen molar-refractivity contribution in [2.75, 3.05) is 25.9 Å². The van der Waals surface area contributed by atoms with E-state index in [0.29, 0.717) is 6.54 Å². The molecular weight excluding hydrogens is 200 g/mol. The van der Waals surface area contributed by atoms with Gasteiger partial charge >= 0.3 is 0 Å². The third-order valence-electron chi connectivity index (χ3n) is 1.97. The average molecular weight is 220 g/mol. The van der Waals surface area contributed by atoms with Gasteiger partial charge in [-0.3, -0.25) is 9.00 Å². The fourth-order valence-corrected chi connectivity index (χ4v) is 1.37. The third-order valence-corrected chi connectivity index (χ3v) is 3.34. The summed E-state index contributed by atoms with van der Waals surface area (Å²) < 4.78 is 11.0. The molecule has 2 unspecified atom stereocenters. The second kappa shape index (κ2) is 7.94. The Labute approximate surface area is 88.3 Å². The number of rotatable bonds is 7. The van der Waals surface area contributed by atoms with Crippen molar-refractivity contribution in [2.45, 2.75) is 25.5 Å². The van der Waals surface area contributed by atoms with Gasteiger partial charge in [0.15, 0.2) is 0 Å². The molecule has 0 heterocycles. The SMILES string of the molecule is CC(=O)NCCNCCC(C)S(C)=O. The summed E-state index contributed by atoms with van der Waals surface area (Å²) >= 11 is 0. The standard InChI is InChI=1S/C9H20N2O2S/c1-8(14(3)13)4-5-10-6-7-11-9(2)12/h8,10H,4-7H2,1-3H3,(H,11,12). The van der Waals surface area contributed by atoms with E-state index < -0.39 is 10.8 Å². The molecule has 0 aromatic rings. The highest BCUT2D eigenvalue weighted by Gasteiger charge is 2.04. The number of hydrogen-bond donors (Lipinski definition) is 2. The molecule has 0 rings (SSSR count). The van der Waals surface area contributed by atoms with Crippen LogP contribution in [-0.4, -0.2) is 41.3 Å².